The molecule has 0 spiro atoms. The molecule has 1 aromatic rings. The average Bonchev–Trinajstić information content (AvgIpc) is 2.45. The van der Waals surface area contributed by atoms with Gasteiger partial charge in [-0.3, -0.25) is 0 Å². The third kappa shape index (κ3) is 1.36. The van der Waals surface area contributed by atoms with E-state index in [1.165, 1.54) is 0 Å². The zero-order valence-corrected chi connectivity index (χ0v) is 8.34. The van der Waals surface area contributed by atoms with Crippen molar-refractivity contribution in [3.05, 3.63) is 16.1 Å². The minimum absolute atomic E-state index is 0.0960. The van der Waals surface area contributed by atoms with Crippen LogP contribution >= 0.6 is 15.9 Å². The fraction of sp³-hybridized carbons (Fsp3) is 0.429. The number of rotatable bonds is 1. The van der Waals surface area contributed by atoms with E-state index in [1.54, 1.807) is 0 Å². The van der Waals surface area contributed by atoms with E-state index in [0.29, 0.717) is 11.1 Å². The van der Waals surface area contributed by atoms with Gasteiger partial charge in [0.2, 0.25) is 0 Å². The van der Waals surface area contributed by atoms with Gasteiger partial charge in [-0.05, 0) is 15.9 Å². The maximum atomic E-state index is 10.7. The summed E-state index contributed by atoms with van der Waals surface area (Å²) in [6.45, 7) is 2.24. The van der Waals surface area contributed by atoms with Crippen molar-refractivity contribution in [3.8, 4) is 0 Å². The summed E-state index contributed by atoms with van der Waals surface area (Å²) in [4.78, 5) is 14.7. The van der Waals surface area contributed by atoms with Crippen LogP contribution in [0.5, 0.6) is 0 Å². The Morgan fingerprint density at radius 1 is 1.69 bits per heavy atom. The van der Waals surface area contributed by atoms with Crippen LogP contribution in [0.1, 0.15) is 16.3 Å². The predicted molar refractivity (Wildman–Crippen MR) is 48.6 cm³/mol. The van der Waals surface area contributed by atoms with E-state index < -0.39 is 5.97 Å². The third-order valence-electron chi connectivity index (χ3n) is 1.98. The van der Waals surface area contributed by atoms with Crippen molar-refractivity contribution in [2.24, 2.45) is 0 Å². The maximum absolute atomic E-state index is 10.7. The molecule has 0 atom stereocenters. The molecule has 2 N–H and O–H groups in total. The normalized spacial score (nSPS) is 15.5. The van der Waals surface area contributed by atoms with Crippen molar-refractivity contribution in [2.75, 3.05) is 6.54 Å². The smallest absolute Gasteiger partial charge is 0.357 e. The number of aromatic nitrogens is 2. The molecule has 0 aromatic carbocycles. The van der Waals surface area contributed by atoms with Crippen LogP contribution in [0, 0.1) is 0 Å². The minimum Gasteiger partial charge on any atom is -0.476 e. The van der Waals surface area contributed by atoms with Crippen LogP contribution in [-0.2, 0) is 13.1 Å². The van der Waals surface area contributed by atoms with Gasteiger partial charge in [-0.1, -0.05) is 0 Å². The second-order valence-corrected chi connectivity index (χ2v) is 3.55. The summed E-state index contributed by atoms with van der Waals surface area (Å²) in [5.41, 5.74) is 0.0960. The van der Waals surface area contributed by atoms with Crippen LogP contribution in [0.2, 0.25) is 0 Å². The molecule has 2 rings (SSSR count). The molecule has 13 heavy (non-hydrogen) atoms. The average molecular weight is 246 g/mol. The molecule has 0 bridgehead atoms. The molecular formula is C7H8BrN3O2. The highest BCUT2D eigenvalue weighted by atomic mass is 79.9. The highest BCUT2D eigenvalue weighted by molar-refractivity contribution is 9.10. The molecule has 0 unspecified atom stereocenters. The fourth-order valence-corrected chi connectivity index (χ4v) is 2.01. The summed E-state index contributed by atoms with van der Waals surface area (Å²) in [7, 11) is 0. The summed E-state index contributed by atoms with van der Waals surface area (Å²) in [5, 5.41) is 11.9. The van der Waals surface area contributed by atoms with E-state index in [-0.39, 0.29) is 5.69 Å². The molecule has 1 aliphatic heterocycles. The second kappa shape index (κ2) is 3.12. The monoisotopic (exact) mass is 245 g/mol. The highest BCUT2D eigenvalue weighted by Gasteiger charge is 2.21. The first-order valence-electron chi connectivity index (χ1n) is 3.89. The first-order valence-corrected chi connectivity index (χ1v) is 4.68. The Kier molecular flexibility index (Phi) is 2.09. The number of imidazole rings is 1. The molecule has 5 nitrogen and oxygen atoms in total. The number of hydrogen-bond donors (Lipinski definition) is 2. The van der Waals surface area contributed by atoms with E-state index in [4.69, 9.17) is 5.11 Å². The van der Waals surface area contributed by atoms with E-state index in [1.807, 2.05) is 4.57 Å². The van der Waals surface area contributed by atoms with Crippen LogP contribution in [-0.4, -0.2) is 27.2 Å². The lowest BCUT2D eigenvalue weighted by atomic mass is 10.4. The number of carbonyl (C=O) groups is 1. The Morgan fingerprint density at radius 2 is 2.46 bits per heavy atom. The number of carboxylic acids is 1. The molecule has 0 radical (unpaired) electrons. The molecule has 6 heteroatoms. The van der Waals surface area contributed by atoms with E-state index in [2.05, 4.69) is 26.2 Å². The molecule has 1 aromatic heterocycles. The van der Waals surface area contributed by atoms with Crippen molar-refractivity contribution < 1.29 is 9.90 Å². The molecule has 0 fully saturated rings. The predicted octanol–water partition coefficient (Wildman–Crippen LogP) is 0.447. The summed E-state index contributed by atoms with van der Waals surface area (Å²) < 4.78 is 2.44. The highest BCUT2D eigenvalue weighted by Crippen LogP contribution is 2.20. The third-order valence-corrected chi connectivity index (χ3v) is 2.79. The van der Waals surface area contributed by atoms with Crippen LogP contribution in [0.4, 0.5) is 0 Å². The van der Waals surface area contributed by atoms with Gasteiger partial charge in [0.05, 0.1) is 6.54 Å². The summed E-state index contributed by atoms with van der Waals surface area (Å²) in [6, 6.07) is 0. The van der Waals surface area contributed by atoms with Gasteiger partial charge < -0.3 is 15.0 Å². The number of aromatic carboxylic acids is 1. The SMILES string of the molecule is O=C(O)c1nc2n(c1Br)CCNC2. The van der Waals surface area contributed by atoms with Crippen molar-refractivity contribution in [2.45, 2.75) is 13.1 Å². The number of nitrogens with zero attached hydrogens (tertiary/aromatic N) is 2. The standard InChI is InChI=1S/C7H8BrN3O2/c8-6-5(7(12)13)10-4-3-9-1-2-11(4)6/h9H,1-3H2,(H,12,13). The summed E-state index contributed by atoms with van der Waals surface area (Å²) >= 11 is 3.23. The second-order valence-electron chi connectivity index (χ2n) is 2.80. The fourth-order valence-electron chi connectivity index (χ4n) is 1.37. The first kappa shape index (κ1) is 8.71. The maximum Gasteiger partial charge on any atom is 0.357 e. The summed E-state index contributed by atoms with van der Waals surface area (Å²) in [6.07, 6.45) is 0. The summed E-state index contributed by atoms with van der Waals surface area (Å²) in [5.74, 6) is -0.218. The molecule has 0 aliphatic carbocycles. The van der Waals surface area contributed by atoms with Gasteiger partial charge in [0.25, 0.3) is 0 Å². The molecule has 0 saturated carbocycles. The zero-order valence-electron chi connectivity index (χ0n) is 6.75. The number of carboxylic acid groups (broad SMARTS) is 1. The number of hydrogen-bond acceptors (Lipinski definition) is 3. The van der Waals surface area contributed by atoms with Gasteiger partial charge in [0.1, 0.15) is 10.4 Å². The van der Waals surface area contributed by atoms with Gasteiger partial charge in [-0.2, -0.15) is 0 Å². The quantitative estimate of drug-likeness (QED) is 0.754. The molecule has 2 heterocycles. The molecule has 0 amide bonds. The number of nitrogens with one attached hydrogen (secondary N) is 1. The largest absolute Gasteiger partial charge is 0.476 e. The Hall–Kier alpha value is -0.880. The van der Waals surface area contributed by atoms with Crippen molar-refractivity contribution in [1.82, 2.24) is 14.9 Å². The van der Waals surface area contributed by atoms with Crippen molar-refractivity contribution in [1.29, 1.82) is 0 Å². The molecule has 1 aliphatic rings. The van der Waals surface area contributed by atoms with Gasteiger partial charge in [0, 0.05) is 13.1 Å². The Balaban J connectivity index is 2.50. The first-order chi connectivity index (χ1) is 6.20. The Labute approximate surface area is 82.9 Å². The number of fused-ring (bicyclic) bond motifs is 1. The lowest BCUT2D eigenvalue weighted by molar-refractivity contribution is 0.0689. The lowest BCUT2D eigenvalue weighted by Gasteiger charge is -2.15. The van der Waals surface area contributed by atoms with Gasteiger partial charge in [0.15, 0.2) is 5.69 Å². The van der Waals surface area contributed by atoms with E-state index >= 15 is 0 Å². The van der Waals surface area contributed by atoms with E-state index in [0.717, 1.165) is 18.9 Å². The van der Waals surface area contributed by atoms with Gasteiger partial charge in [-0.15, -0.1) is 0 Å². The number of halogens is 1. The van der Waals surface area contributed by atoms with Gasteiger partial charge >= 0.3 is 5.97 Å². The van der Waals surface area contributed by atoms with Crippen LogP contribution in [0.25, 0.3) is 0 Å². The van der Waals surface area contributed by atoms with Crippen LogP contribution < -0.4 is 5.32 Å². The van der Waals surface area contributed by atoms with E-state index in [9.17, 15) is 4.79 Å². The molecular weight excluding hydrogens is 238 g/mol. The van der Waals surface area contributed by atoms with Crippen molar-refractivity contribution in [3.63, 3.8) is 0 Å². The lowest BCUT2D eigenvalue weighted by Crippen LogP contribution is -2.28. The van der Waals surface area contributed by atoms with Crippen LogP contribution in [0.3, 0.4) is 0 Å². The minimum atomic E-state index is -0.992. The topological polar surface area (TPSA) is 67.1 Å². The zero-order chi connectivity index (χ0) is 9.42. The molecule has 0 saturated heterocycles. The molecule has 70 valence electrons. The Morgan fingerprint density at radius 3 is 3.08 bits per heavy atom. The Bertz CT molecular complexity index is 361. The van der Waals surface area contributed by atoms with Gasteiger partial charge in [-0.25, -0.2) is 9.78 Å². The van der Waals surface area contributed by atoms with Crippen molar-refractivity contribution >= 4 is 21.9 Å². The van der Waals surface area contributed by atoms with Crippen LogP contribution in [0.15, 0.2) is 4.60 Å².